The fourth-order valence-corrected chi connectivity index (χ4v) is 4.24. The molecule has 0 aromatic heterocycles. The lowest BCUT2D eigenvalue weighted by atomic mass is 10.0. The number of imide groups is 1. The smallest absolute Gasteiger partial charge is 0.261 e. The van der Waals surface area contributed by atoms with E-state index >= 15 is 0 Å². The van der Waals surface area contributed by atoms with Gasteiger partial charge in [0.05, 0.1) is 24.3 Å². The van der Waals surface area contributed by atoms with Crippen molar-refractivity contribution in [3.05, 3.63) is 101 Å². The Hall–Kier alpha value is -3.97. The third-order valence-corrected chi connectivity index (χ3v) is 6.28. The zero-order chi connectivity index (χ0) is 24.9. The van der Waals surface area contributed by atoms with Crippen molar-refractivity contribution in [1.29, 1.82) is 0 Å². The Morgan fingerprint density at radius 2 is 1.63 bits per heavy atom. The summed E-state index contributed by atoms with van der Waals surface area (Å²) < 4.78 is 5.23. The van der Waals surface area contributed by atoms with Crippen molar-refractivity contribution in [2.24, 2.45) is 0 Å². The second-order valence-electron chi connectivity index (χ2n) is 8.72. The van der Waals surface area contributed by atoms with Gasteiger partial charge in [-0.3, -0.25) is 19.3 Å². The second kappa shape index (κ2) is 10.5. The standard InChI is InChI=1S/C28H29N3O4/c1-30(2)25(20-9-12-22(35-3)13-10-20)18-29-26(32)21-11-14-23-24(17-21)28(34)31(27(23)33)16-15-19-7-5-4-6-8-19/h4-14,17,25H,15-16,18H2,1-3H3,(H,29,32). The Morgan fingerprint density at radius 3 is 2.29 bits per heavy atom. The van der Waals surface area contributed by atoms with E-state index in [9.17, 15) is 14.4 Å². The lowest BCUT2D eigenvalue weighted by molar-refractivity contribution is 0.0656. The predicted molar refractivity (Wildman–Crippen MR) is 134 cm³/mol. The Bertz CT molecular complexity index is 1220. The first kappa shape index (κ1) is 24.2. The van der Waals surface area contributed by atoms with Crippen molar-refractivity contribution in [3.8, 4) is 5.75 Å². The number of carbonyl (C=O) groups excluding carboxylic acids is 3. The Labute approximate surface area is 205 Å². The third-order valence-electron chi connectivity index (χ3n) is 6.28. The number of nitrogens with one attached hydrogen (secondary N) is 1. The van der Waals surface area contributed by atoms with Gasteiger partial charge in [0.2, 0.25) is 0 Å². The SMILES string of the molecule is COc1ccc(C(CNC(=O)c2ccc3c(c2)C(=O)N(CCc2ccccc2)C3=O)N(C)C)cc1. The minimum Gasteiger partial charge on any atom is -0.497 e. The van der Waals surface area contributed by atoms with Gasteiger partial charge >= 0.3 is 0 Å². The van der Waals surface area contributed by atoms with Crippen molar-refractivity contribution < 1.29 is 19.1 Å². The zero-order valence-corrected chi connectivity index (χ0v) is 20.2. The van der Waals surface area contributed by atoms with Gasteiger partial charge in [0.1, 0.15) is 5.75 Å². The molecule has 4 rings (SSSR count). The molecule has 35 heavy (non-hydrogen) atoms. The molecule has 1 atom stereocenters. The number of methoxy groups -OCH3 is 1. The number of nitrogens with zero attached hydrogens (tertiary/aromatic N) is 2. The van der Waals surface area contributed by atoms with E-state index in [2.05, 4.69) is 5.32 Å². The molecule has 3 aromatic carbocycles. The molecule has 0 aliphatic carbocycles. The number of likely N-dealkylation sites (N-methyl/N-ethyl adjacent to an activating group) is 1. The molecule has 3 aromatic rings. The molecule has 180 valence electrons. The van der Waals surface area contributed by atoms with Crippen molar-refractivity contribution in [2.75, 3.05) is 34.3 Å². The Kier molecular flexibility index (Phi) is 7.27. The topological polar surface area (TPSA) is 79.0 Å². The number of hydrogen-bond donors (Lipinski definition) is 1. The number of hydrogen-bond acceptors (Lipinski definition) is 5. The maximum absolute atomic E-state index is 13.0. The summed E-state index contributed by atoms with van der Waals surface area (Å²) in [6, 6.07) is 22.1. The maximum atomic E-state index is 13.0. The first-order valence-corrected chi connectivity index (χ1v) is 11.5. The van der Waals surface area contributed by atoms with Crippen LogP contribution in [-0.2, 0) is 6.42 Å². The number of benzene rings is 3. The Balaban J connectivity index is 1.43. The van der Waals surface area contributed by atoms with E-state index < -0.39 is 0 Å². The van der Waals surface area contributed by atoms with Gasteiger partial charge in [-0.1, -0.05) is 42.5 Å². The summed E-state index contributed by atoms with van der Waals surface area (Å²) in [7, 11) is 5.52. The molecule has 7 nitrogen and oxygen atoms in total. The van der Waals surface area contributed by atoms with Crippen LogP contribution in [-0.4, -0.2) is 61.8 Å². The lowest BCUT2D eigenvalue weighted by Crippen LogP contribution is -2.34. The van der Waals surface area contributed by atoms with Gasteiger partial charge in [-0.25, -0.2) is 0 Å². The van der Waals surface area contributed by atoms with E-state index in [0.717, 1.165) is 16.9 Å². The molecule has 0 saturated heterocycles. The van der Waals surface area contributed by atoms with Gasteiger partial charge in [-0.15, -0.1) is 0 Å². The molecule has 7 heteroatoms. The van der Waals surface area contributed by atoms with Gasteiger partial charge < -0.3 is 15.0 Å². The lowest BCUT2D eigenvalue weighted by Gasteiger charge is -2.25. The molecule has 1 aliphatic rings. The average molecular weight is 472 g/mol. The third kappa shape index (κ3) is 5.25. The fourth-order valence-electron chi connectivity index (χ4n) is 4.24. The van der Waals surface area contributed by atoms with E-state index in [1.807, 2.05) is 73.6 Å². The van der Waals surface area contributed by atoms with Gasteiger partial charge in [0.15, 0.2) is 0 Å². The highest BCUT2D eigenvalue weighted by Crippen LogP contribution is 2.25. The molecule has 1 heterocycles. The highest BCUT2D eigenvalue weighted by Gasteiger charge is 2.35. The second-order valence-corrected chi connectivity index (χ2v) is 8.72. The average Bonchev–Trinajstić information content (AvgIpc) is 3.12. The fraction of sp³-hybridized carbons (Fsp3) is 0.250. The van der Waals surface area contributed by atoms with Crippen LogP contribution < -0.4 is 10.1 Å². The number of fused-ring (bicyclic) bond motifs is 1. The highest BCUT2D eigenvalue weighted by molar-refractivity contribution is 6.22. The van der Waals surface area contributed by atoms with E-state index in [-0.39, 0.29) is 29.3 Å². The minimum atomic E-state index is -0.361. The minimum absolute atomic E-state index is 0.0454. The van der Waals surface area contributed by atoms with Gasteiger partial charge in [0, 0.05) is 18.7 Å². The Morgan fingerprint density at radius 1 is 0.943 bits per heavy atom. The summed E-state index contributed by atoms with van der Waals surface area (Å²) in [5.74, 6) is -0.207. The number of amides is 3. The normalized spacial score (nSPS) is 13.7. The molecular weight excluding hydrogens is 442 g/mol. The number of ether oxygens (including phenoxy) is 1. The molecule has 1 N–H and O–H groups in total. The van der Waals surface area contributed by atoms with Crippen LogP contribution in [0.15, 0.2) is 72.8 Å². The van der Waals surface area contributed by atoms with Crippen LogP contribution in [0.2, 0.25) is 0 Å². The van der Waals surface area contributed by atoms with Gasteiger partial charge in [-0.2, -0.15) is 0 Å². The predicted octanol–water partition coefficient (Wildman–Crippen LogP) is 3.57. The highest BCUT2D eigenvalue weighted by atomic mass is 16.5. The van der Waals surface area contributed by atoms with Gasteiger partial charge in [0.25, 0.3) is 17.7 Å². The molecule has 0 saturated carbocycles. The van der Waals surface area contributed by atoms with E-state index in [4.69, 9.17) is 4.74 Å². The molecule has 0 spiro atoms. The van der Waals surface area contributed by atoms with E-state index in [1.54, 1.807) is 19.2 Å². The largest absolute Gasteiger partial charge is 0.497 e. The van der Waals surface area contributed by atoms with Crippen molar-refractivity contribution in [2.45, 2.75) is 12.5 Å². The van der Waals surface area contributed by atoms with Crippen LogP contribution >= 0.6 is 0 Å². The molecule has 0 radical (unpaired) electrons. The van der Waals surface area contributed by atoms with Crippen LogP contribution in [0.3, 0.4) is 0 Å². The summed E-state index contributed by atoms with van der Waals surface area (Å²) >= 11 is 0. The zero-order valence-electron chi connectivity index (χ0n) is 20.2. The molecule has 0 bridgehead atoms. The number of rotatable bonds is 9. The van der Waals surface area contributed by atoms with Crippen LogP contribution in [0.4, 0.5) is 0 Å². The molecular formula is C28H29N3O4. The summed E-state index contributed by atoms with van der Waals surface area (Å²) in [4.78, 5) is 41.9. The van der Waals surface area contributed by atoms with Crippen LogP contribution in [0.5, 0.6) is 5.75 Å². The first-order chi connectivity index (χ1) is 16.9. The monoisotopic (exact) mass is 471 g/mol. The molecule has 1 unspecified atom stereocenters. The summed E-state index contributed by atoms with van der Waals surface area (Å²) in [6.07, 6.45) is 0.580. The van der Waals surface area contributed by atoms with E-state index in [1.165, 1.54) is 11.0 Å². The van der Waals surface area contributed by atoms with E-state index in [0.29, 0.717) is 30.6 Å². The summed E-state index contributed by atoms with van der Waals surface area (Å²) in [5, 5.41) is 2.96. The summed E-state index contributed by atoms with van der Waals surface area (Å²) in [6.45, 7) is 0.676. The van der Waals surface area contributed by atoms with Crippen LogP contribution in [0.25, 0.3) is 0 Å². The van der Waals surface area contributed by atoms with Crippen molar-refractivity contribution in [1.82, 2.24) is 15.1 Å². The van der Waals surface area contributed by atoms with Crippen molar-refractivity contribution >= 4 is 17.7 Å². The maximum Gasteiger partial charge on any atom is 0.261 e. The van der Waals surface area contributed by atoms with Crippen LogP contribution in [0.1, 0.15) is 48.2 Å². The molecule has 0 fully saturated rings. The first-order valence-electron chi connectivity index (χ1n) is 11.5. The van der Waals surface area contributed by atoms with Gasteiger partial charge in [-0.05, 0) is 62.0 Å². The van der Waals surface area contributed by atoms with Crippen molar-refractivity contribution in [3.63, 3.8) is 0 Å². The molecule has 3 amide bonds. The number of carbonyl (C=O) groups is 3. The summed E-state index contributed by atoms with van der Waals surface area (Å²) in [5.41, 5.74) is 3.05. The van der Waals surface area contributed by atoms with Crippen LogP contribution in [0, 0.1) is 0 Å². The molecule has 1 aliphatic heterocycles. The quantitative estimate of drug-likeness (QED) is 0.483.